The van der Waals surface area contributed by atoms with Crippen LogP contribution in [0.2, 0.25) is 0 Å². The van der Waals surface area contributed by atoms with Crippen molar-refractivity contribution in [3.63, 3.8) is 0 Å². The predicted molar refractivity (Wildman–Crippen MR) is 76.7 cm³/mol. The Labute approximate surface area is 120 Å². The SMILES string of the molecule is CC.Fc1ccc(CNc2nc(F)nc3nc[nH]c23)cc1. The molecule has 0 saturated heterocycles. The fourth-order valence-electron chi connectivity index (χ4n) is 1.72. The summed E-state index contributed by atoms with van der Waals surface area (Å²) in [6.07, 6.45) is 0.572. The summed E-state index contributed by atoms with van der Waals surface area (Å²) in [5.74, 6) is 0.0251. The van der Waals surface area contributed by atoms with Crippen LogP contribution in [-0.4, -0.2) is 19.9 Å². The molecule has 110 valence electrons. The molecule has 2 aromatic heterocycles. The van der Waals surface area contributed by atoms with Crippen molar-refractivity contribution in [1.29, 1.82) is 0 Å². The molecule has 0 amide bonds. The third-order valence-corrected chi connectivity index (χ3v) is 2.63. The molecule has 0 aliphatic rings. The Morgan fingerprint density at radius 3 is 2.52 bits per heavy atom. The summed E-state index contributed by atoms with van der Waals surface area (Å²) < 4.78 is 26.0. The van der Waals surface area contributed by atoms with Gasteiger partial charge in [0, 0.05) is 6.54 Å². The fourth-order valence-corrected chi connectivity index (χ4v) is 1.72. The van der Waals surface area contributed by atoms with Crippen LogP contribution in [0, 0.1) is 11.9 Å². The minimum absolute atomic E-state index is 0.258. The van der Waals surface area contributed by atoms with Gasteiger partial charge in [-0.1, -0.05) is 26.0 Å². The highest BCUT2D eigenvalue weighted by Crippen LogP contribution is 2.16. The molecular weight excluding hydrogens is 276 g/mol. The van der Waals surface area contributed by atoms with Gasteiger partial charge in [0.25, 0.3) is 0 Å². The van der Waals surface area contributed by atoms with Gasteiger partial charge >= 0.3 is 6.08 Å². The van der Waals surface area contributed by atoms with E-state index in [1.807, 2.05) is 13.8 Å². The number of fused-ring (bicyclic) bond motifs is 1. The maximum atomic E-state index is 13.2. The van der Waals surface area contributed by atoms with E-state index >= 15 is 0 Å². The molecule has 0 aliphatic heterocycles. The third-order valence-electron chi connectivity index (χ3n) is 2.63. The van der Waals surface area contributed by atoms with E-state index in [4.69, 9.17) is 0 Å². The van der Waals surface area contributed by atoms with Crippen LogP contribution in [0.5, 0.6) is 0 Å². The van der Waals surface area contributed by atoms with Gasteiger partial charge in [-0.15, -0.1) is 0 Å². The second-order valence-electron chi connectivity index (χ2n) is 3.92. The number of imidazole rings is 1. The number of aromatic amines is 1. The molecule has 2 heterocycles. The maximum Gasteiger partial charge on any atom is 0.312 e. The molecule has 0 aliphatic carbocycles. The second kappa shape index (κ2) is 6.74. The van der Waals surface area contributed by atoms with E-state index in [0.717, 1.165) is 5.56 Å². The van der Waals surface area contributed by atoms with Crippen LogP contribution in [0.15, 0.2) is 30.6 Å². The van der Waals surface area contributed by atoms with Crippen molar-refractivity contribution in [1.82, 2.24) is 19.9 Å². The zero-order valence-electron chi connectivity index (χ0n) is 11.7. The Kier molecular flexibility index (Phi) is 4.76. The second-order valence-corrected chi connectivity index (χ2v) is 3.92. The molecule has 0 atom stereocenters. The smallest absolute Gasteiger partial charge is 0.312 e. The fraction of sp³-hybridized carbons (Fsp3) is 0.214. The highest BCUT2D eigenvalue weighted by Gasteiger charge is 2.09. The van der Waals surface area contributed by atoms with Gasteiger partial charge in [0.1, 0.15) is 11.3 Å². The van der Waals surface area contributed by atoms with Crippen molar-refractivity contribution in [2.24, 2.45) is 0 Å². The summed E-state index contributed by atoms with van der Waals surface area (Å²) in [4.78, 5) is 13.9. The number of hydrogen-bond donors (Lipinski definition) is 2. The van der Waals surface area contributed by atoms with E-state index in [9.17, 15) is 8.78 Å². The lowest BCUT2D eigenvalue weighted by Gasteiger charge is -2.06. The molecule has 21 heavy (non-hydrogen) atoms. The molecule has 0 bridgehead atoms. The van der Waals surface area contributed by atoms with Crippen LogP contribution in [0.4, 0.5) is 14.6 Å². The lowest BCUT2D eigenvalue weighted by molar-refractivity contribution is 0.545. The first kappa shape index (κ1) is 14.8. The van der Waals surface area contributed by atoms with Gasteiger partial charge < -0.3 is 10.3 Å². The Morgan fingerprint density at radius 2 is 1.81 bits per heavy atom. The third kappa shape index (κ3) is 3.50. The maximum absolute atomic E-state index is 13.2. The van der Waals surface area contributed by atoms with Gasteiger partial charge in [-0.05, 0) is 17.7 Å². The normalized spacial score (nSPS) is 10.1. The van der Waals surface area contributed by atoms with Gasteiger partial charge in [-0.2, -0.15) is 14.4 Å². The van der Waals surface area contributed by atoms with Crippen molar-refractivity contribution in [2.45, 2.75) is 20.4 Å². The van der Waals surface area contributed by atoms with E-state index in [1.54, 1.807) is 12.1 Å². The molecule has 3 rings (SSSR count). The molecule has 1 aromatic carbocycles. The first-order valence-electron chi connectivity index (χ1n) is 6.57. The van der Waals surface area contributed by atoms with Crippen LogP contribution >= 0.6 is 0 Å². The van der Waals surface area contributed by atoms with Crippen LogP contribution in [0.1, 0.15) is 19.4 Å². The summed E-state index contributed by atoms with van der Waals surface area (Å²) in [5, 5.41) is 2.97. The molecule has 2 N–H and O–H groups in total. The summed E-state index contributed by atoms with van der Waals surface area (Å²) >= 11 is 0. The minimum Gasteiger partial charge on any atom is -0.364 e. The average molecular weight is 291 g/mol. The van der Waals surface area contributed by atoms with Crippen molar-refractivity contribution >= 4 is 17.0 Å². The average Bonchev–Trinajstić information content (AvgIpc) is 2.96. The molecule has 3 aromatic rings. The first-order chi connectivity index (χ1) is 10.2. The van der Waals surface area contributed by atoms with Gasteiger partial charge in [0.15, 0.2) is 11.5 Å². The van der Waals surface area contributed by atoms with Crippen LogP contribution in [0.25, 0.3) is 11.2 Å². The summed E-state index contributed by atoms with van der Waals surface area (Å²) in [6.45, 7) is 4.39. The van der Waals surface area contributed by atoms with Crippen LogP contribution in [-0.2, 0) is 6.54 Å². The Hall–Kier alpha value is -2.57. The van der Waals surface area contributed by atoms with Crippen molar-refractivity contribution in [3.8, 4) is 0 Å². The molecule has 0 spiro atoms. The van der Waals surface area contributed by atoms with Crippen LogP contribution in [0.3, 0.4) is 0 Å². The van der Waals surface area contributed by atoms with Gasteiger partial charge in [0.05, 0.1) is 6.33 Å². The molecule has 0 fully saturated rings. The Morgan fingerprint density at radius 1 is 1.10 bits per heavy atom. The zero-order chi connectivity index (χ0) is 15.2. The molecule has 0 saturated carbocycles. The number of benzene rings is 1. The topological polar surface area (TPSA) is 66.5 Å². The molecule has 0 unspecified atom stereocenters. The number of nitrogens with one attached hydrogen (secondary N) is 2. The Bertz CT molecular complexity index is 709. The quantitative estimate of drug-likeness (QED) is 0.727. The van der Waals surface area contributed by atoms with E-state index in [0.29, 0.717) is 17.9 Å². The summed E-state index contributed by atoms with van der Waals surface area (Å²) in [5.41, 5.74) is 1.64. The molecule has 7 heteroatoms. The summed E-state index contributed by atoms with van der Waals surface area (Å²) in [7, 11) is 0. The highest BCUT2D eigenvalue weighted by molar-refractivity contribution is 5.81. The molecular formula is C14H15F2N5. The first-order valence-corrected chi connectivity index (χ1v) is 6.57. The van der Waals surface area contributed by atoms with Crippen molar-refractivity contribution < 1.29 is 8.78 Å². The highest BCUT2D eigenvalue weighted by atomic mass is 19.1. The zero-order valence-corrected chi connectivity index (χ0v) is 11.7. The van der Waals surface area contributed by atoms with Crippen LogP contribution < -0.4 is 5.32 Å². The van der Waals surface area contributed by atoms with Gasteiger partial charge in [-0.25, -0.2) is 9.37 Å². The number of H-pyrrole nitrogens is 1. The van der Waals surface area contributed by atoms with Crippen molar-refractivity contribution in [2.75, 3.05) is 5.32 Å². The van der Waals surface area contributed by atoms with E-state index < -0.39 is 6.08 Å². The van der Waals surface area contributed by atoms with E-state index in [1.165, 1.54) is 18.5 Å². The molecule has 0 radical (unpaired) electrons. The number of halogens is 2. The largest absolute Gasteiger partial charge is 0.364 e. The standard InChI is InChI=1S/C12H9F2N5.C2H6/c13-8-3-1-7(2-4-8)5-15-10-9-11(17-6-16-9)19-12(14)18-10;1-2/h1-4,6H,5H2,(H2,15,16,17,18,19);1-2H3. The lowest BCUT2D eigenvalue weighted by Crippen LogP contribution is -2.04. The Balaban J connectivity index is 0.000000774. The number of hydrogen-bond acceptors (Lipinski definition) is 4. The van der Waals surface area contributed by atoms with Gasteiger partial charge in [-0.3, -0.25) is 0 Å². The van der Waals surface area contributed by atoms with Gasteiger partial charge in [0.2, 0.25) is 0 Å². The lowest BCUT2D eigenvalue weighted by atomic mass is 10.2. The number of nitrogens with zero attached hydrogens (tertiary/aromatic N) is 3. The molecule has 5 nitrogen and oxygen atoms in total. The van der Waals surface area contributed by atoms with E-state index in [-0.39, 0.29) is 11.5 Å². The predicted octanol–water partition coefficient (Wildman–Crippen LogP) is 3.27. The minimum atomic E-state index is -0.846. The summed E-state index contributed by atoms with van der Waals surface area (Å²) in [6, 6.07) is 6.01. The van der Waals surface area contributed by atoms with Crippen molar-refractivity contribution in [3.05, 3.63) is 48.1 Å². The number of anilines is 1. The van der Waals surface area contributed by atoms with E-state index in [2.05, 4.69) is 25.3 Å². The number of aromatic nitrogens is 4. The monoisotopic (exact) mass is 291 g/mol. The number of rotatable bonds is 3.